The number of rotatable bonds is 7. The van der Waals surface area contributed by atoms with Crippen molar-refractivity contribution in [2.24, 2.45) is 5.73 Å². The summed E-state index contributed by atoms with van der Waals surface area (Å²) in [6.07, 6.45) is 0. The summed E-state index contributed by atoms with van der Waals surface area (Å²) in [5, 5.41) is 13.4. The standard InChI is InChI=1S/C13H19N3O5.ClH/c1-13(2,14)8-15-12(17)7-21-9-4-5-10(16(18)19)11(6-9)20-3;/h4-6H,7-8,14H2,1-3H3,(H,15,17);1H. The summed E-state index contributed by atoms with van der Waals surface area (Å²) in [5.41, 5.74) is 5.06. The molecule has 0 spiro atoms. The number of nitrogens with zero attached hydrogens (tertiary/aromatic N) is 1. The average molecular weight is 334 g/mol. The van der Waals surface area contributed by atoms with Crippen molar-refractivity contribution in [3.8, 4) is 11.5 Å². The minimum Gasteiger partial charge on any atom is -0.490 e. The van der Waals surface area contributed by atoms with Crippen molar-refractivity contribution in [2.75, 3.05) is 20.3 Å². The van der Waals surface area contributed by atoms with Gasteiger partial charge in [0.2, 0.25) is 5.75 Å². The highest BCUT2D eigenvalue weighted by Crippen LogP contribution is 2.30. The molecule has 0 atom stereocenters. The molecule has 8 nitrogen and oxygen atoms in total. The van der Waals surface area contributed by atoms with Crippen molar-refractivity contribution >= 4 is 24.0 Å². The van der Waals surface area contributed by atoms with E-state index in [0.717, 1.165) is 0 Å². The van der Waals surface area contributed by atoms with Crippen LogP contribution < -0.4 is 20.5 Å². The number of nitro benzene ring substituents is 1. The number of carbonyl (C=O) groups excluding carboxylic acids is 1. The van der Waals surface area contributed by atoms with Crippen LogP contribution in [-0.4, -0.2) is 36.6 Å². The lowest BCUT2D eigenvalue weighted by atomic mass is 10.1. The molecule has 0 saturated heterocycles. The normalized spacial score (nSPS) is 10.4. The fraction of sp³-hybridized carbons (Fsp3) is 0.462. The molecule has 1 amide bonds. The molecule has 0 aromatic heterocycles. The van der Waals surface area contributed by atoms with Crippen LogP contribution in [0.1, 0.15) is 13.8 Å². The maximum absolute atomic E-state index is 11.6. The topological polar surface area (TPSA) is 117 Å². The third-order valence-electron chi connectivity index (χ3n) is 2.46. The number of nitrogens with two attached hydrogens (primary N) is 1. The van der Waals surface area contributed by atoms with Gasteiger partial charge in [0.05, 0.1) is 12.0 Å². The number of methoxy groups -OCH3 is 1. The summed E-state index contributed by atoms with van der Waals surface area (Å²) in [5.74, 6) is 0.0476. The van der Waals surface area contributed by atoms with E-state index in [1.807, 2.05) is 0 Å². The first-order valence-corrected chi connectivity index (χ1v) is 6.24. The number of nitrogens with one attached hydrogen (secondary N) is 1. The van der Waals surface area contributed by atoms with Gasteiger partial charge in [-0.25, -0.2) is 0 Å². The fourth-order valence-electron chi connectivity index (χ4n) is 1.42. The Morgan fingerprint density at radius 1 is 1.45 bits per heavy atom. The molecule has 22 heavy (non-hydrogen) atoms. The summed E-state index contributed by atoms with van der Waals surface area (Å²) in [4.78, 5) is 21.8. The molecule has 0 heterocycles. The molecule has 0 fully saturated rings. The van der Waals surface area contributed by atoms with Gasteiger partial charge in [0, 0.05) is 24.2 Å². The van der Waals surface area contributed by atoms with Crippen LogP contribution in [-0.2, 0) is 4.79 Å². The first kappa shape index (κ1) is 19.9. The largest absolute Gasteiger partial charge is 0.490 e. The van der Waals surface area contributed by atoms with E-state index in [0.29, 0.717) is 12.3 Å². The molecule has 0 aliphatic carbocycles. The van der Waals surface area contributed by atoms with Gasteiger partial charge < -0.3 is 20.5 Å². The second-order valence-electron chi connectivity index (χ2n) is 5.14. The van der Waals surface area contributed by atoms with Crippen molar-refractivity contribution in [1.82, 2.24) is 5.32 Å². The van der Waals surface area contributed by atoms with Crippen LogP contribution in [0.25, 0.3) is 0 Å². The van der Waals surface area contributed by atoms with Crippen LogP contribution in [0, 0.1) is 10.1 Å². The maximum Gasteiger partial charge on any atom is 0.311 e. The van der Waals surface area contributed by atoms with E-state index in [1.54, 1.807) is 13.8 Å². The lowest BCUT2D eigenvalue weighted by molar-refractivity contribution is -0.385. The number of benzene rings is 1. The van der Waals surface area contributed by atoms with Gasteiger partial charge in [0.15, 0.2) is 6.61 Å². The maximum atomic E-state index is 11.6. The zero-order valence-electron chi connectivity index (χ0n) is 12.6. The number of carbonyl (C=O) groups is 1. The Bertz CT molecular complexity index is 531. The number of amides is 1. The molecule has 0 saturated carbocycles. The average Bonchev–Trinajstić information content (AvgIpc) is 2.41. The highest BCUT2D eigenvalue weighted by atomic mass is 35.5. The Morgan fingerprint density at radius 2 is 2.09 bits per heavy atom. The van der Waals surface area contributed by atoms with Gasteiger partial charge in [-0.15, -0.1) is 12.4 Å². The number of nitro groups is 1. The second-order valence-corrected chi connectivity index (χ2v) is 5.14. The summed E-state index contributed by atoms with van der Waals surface area (Å²) < 4.78 is 10.2. The van der Waals surface area contributed by atoms with Crippen LogP contribution in [0.5, 0.6) is 11.5 Å². The molecule has 1 rings (SSSR count). The van der Waals surface area contributed by atoms with Crippen molar-refractivity contribution in [2.45, 2.75) is 19.4 Å². The van der Waals surface area contributed by atoms with Crippen molar-refractivity contribution in [3.05, 3.63) is 28.3 Å². The van der Waals surface area contributed by atoms with Crippen molar-refractivity contribution < 1.29 is 19.2 Å². The smallest absolute Gasteiger partial charge is 0.311 e. The summed E-state index contributed by atoms with van der Waals surface area (Å²) in [6, 6.07) is 4.02. The Hall–Kier alpha value is -2.06. The Labute approximate surface area is 134 Å². The number of ether oxygens (including phenoxy) is 2. The Balaban J connectivity index is 0.00000441. The molecule has 1 aromatic rings. The van der Waals surface area contributed by atoms with Gasteiger partial charge in [0.1, 0.15) is 5.75 Å². The number of hydrogen-bond donors (Lipinski definition) is 2. The molecule has 3 N–H and O–H groups in total. The quantitative estimate of drug-likeness (QED) is 0.573. The fourth-order valence-corrected chi connectivity index (χ4v) is 1.42. The van der Waals surface area contributed by atoms with Crippen LogP contribution in [0.2, 0.25) is 0 Å². The molecular weight excluding hydrogens is 314 g/mol. The van der Waals surface area contributed by atoms with E-state index in [2.05, 4.69) is 5.32 Å². The number of hydrogen-bond acceptors (Lipinski definition) is 6. The van der Waals surface area contributed by atoms with Crippen LogP contribution in [0.4, 0.5) is 5.69 Å². The minimum atomic E-state index is -0.557. The highest BCUT2D eigenvalue weighted by molar-refractivity contribution is 5.85. The van der Waals surface area contributed by atoms with Gasteiger partial charge in [-0.1, -0.05) is 0 Å². The lowest BCUT2D eigenvalue weighted by Gasteiger charge is -2.18. The van der Waals surface area contributed by atoms with Crippen LogP contribution in [0.15, 0.2) is 18.2 Å². The Morgan fingerprint density at radius 3 is 2.59 bits per heavy atom. The monoisotopic (exact) mass is 333 g/mol. The molecule has 9 heteroatoms. The van der Waals surface area contributed by atoms with Crippen molar-refractivity contribution in [3.63, 3.8) is 0 Å². The third kappa shape index (κ3) is 6.59. The van der Waals surface area contributed by atoms with Gasteiger partial charge >= 0.3 is 5.69 Å². The van der Waals surface area contributed by atoms with Gasteiger partial charge in [-0.3, -0.25) is 14.9 Å². The SMILES string of the molecule is COc1cc(OCC(=O)NCC(C)(C)N)ccc1[N+](=O)[O-].Cl. The first-order valence-electron chi connectivity index (χ1n) is 6.24. The molecule has 0 unspecified atom stereocenters. The van der Waals surface area contributed by atoms with Crippen LogP contribution in [0.3, 0.4) is 0 Å². The van der Waals surface area contributed by atoms with E-state index in [-0.39, 0.29) is 36.4 Å². The highest BCUT2D eigenvalue weighted by Gasteiger charge is 2.16. The third-order valence-corrected chi connectivity index (χ3v) is 2.46. The predicted octanol–water partition coefficient (Wildman–Crippen LogP) is 1.26. The first-order chi connectivity index (χ1) is 9.73. The summed E-state index contributed by atoms with van der Waals surface area (Å²) >= 11 is 0. The van der Waals surface area contributed by atoms with Gasteiger partial charge in [0.25, 0.3) is 5.91 Å². The summed E-state index contributed by atoms with van der Waals surface area (Å²) in [6.45, 7) is 3.68. The van der Waals surface area contributed by atoms with Crippen LogP contribution >= 0.6 is 12.4 Å². The molecule has 1 aromatic carbocycles. The minimum absolute atomic E-state index is 0. The second kappa shape index (κ2) is 8.40. The molecular formula is C13H20ClN3O5. The van der Waals surface area contributed by atoms with E-state index in [4.69, 9.17) is 15.2 Å². The molecule has 0 bridgehead atoms. The van der Waals surface area contributed by atoms with E-state index in [9.17, 15) is 14.9 Å². The van der Waals surface area contributed by atoms with Gasteiger partial charge in [-0.2, -0.15) is 0 Å². The number of halogens is 1. The molecule has 0 radical (unpaired) electrons. The van der Waals surface area contributed by atoms with E-state index in [1.165, 1.54) is 25.3 Å². The molecule has 0 aliphatic rings. The van der Waals surface area contributed by atoms with E-state index >= 15 is 0 Å². The Kier molecular flexibility index (Phi) is 7.61. The zero-order chi connectivity index (χ0) is 16.0. The molecule has 0 aliphatic heterocycles. The zero-order valence-corrected chi connectivity index (χ0v) is 13.4. The molecule has 124 valence electrons. The van der Waals surface area contributed by atoms with E-state index < -0.39 is 10.5 Å². The lowest BCUT2D eigenvalue weighted by Crippen LogP contribution is -2.46. The van der Waals surface area contributed by atoms with Gasteiger partial charge in [-0.05, 0) is 19.9 Å². The van der Waals surface area contributed by atoms with Crippen molar-refractivity contribution in [1.29, 1.82) is 0 Å². The predicted molar refractivity (Wildman–Crippen MR) is 83.7 cm³/mol. The summed E-state index contributed by atoms with van der Waals surface area (Å²) in [7, 11) is 1.32.